The Morgan fingerprint density at radius 2 is 1.75 bits per heavy atom. The topological polar surface area (TPSA) is 50.7 Å². The van der Waals surface area contributed by atoms with Crippen LogP contribution in [-0.4, -0.2) is 17.4 Å². The maximum Gasteiger partial charge on any atom is 0.428 e. The van der Waals surface area contributed by atoms with Crippen LogP contribution in [0.5, 0.6) is 0 Å². The number of rotatable bonds is 1. The molecular formula is C12H22N2O2. The highest BCUT2D eigenvalue weighted by Crippen LogP contribution is 2.14. The SMILES string of the molecule is CC(C)(C)OC(=O)NN=C1CCCCCC1. The molecule has 0 aromatic heterocycles. The van der Waals surface area contributed by atoms with E-state index in [0.717, 1.165) is 18.6 Å². The van der Waals surface area contributed by atoms with Gasteiger partial charge in [-0.3, -0.25) is 0 Å². The molecule has 0 radical (unpaired) electrons. The number of hydrazone groups is 1. The van der Waals surface area contributed by atoms with Crippen LogP contribution in [0.4, 0.5) is 4.79 Å². The van der Waals surface area contributed by atoms with Crippen LogP contribution in [0, 0.1) is 0 Å². The first-order valence-corrected chi connectivity index (χ1v) is 6.02. The smallest absolute Gasteiger partial charge is 0.428 e. The Bertz CT molecular complexity index is 257. The van der Waals surface area contributed by atoms with E-state index in [1.54, 1.807) is 0 Å². The lowest BCUT2D eigenvalue weighted by Crippen LogP contribution is -2.30. The highest BCUT2D eigenvalue weighted by Gasteiger charge is 2.15. The van der Waals surface area contributed by atoms with E-state index < -0.39 is 11.7 Å². The van der Waals surface area contributed by atoms with E-state index in [0.29, 0.717) is 0 Å². The van der Waals surface area contributed by atoms with Crippen molar-refractivity contribution in [3.63, 3.8) is 0 Å². The van der Waals surface area contributed by atoms with Crippen molar-refractivity contribution in [2.24, 2.45) is 5.10 Å². The number of carbonyl (C=O) groups excluding carboxylic acids is 1. The maximum absolute atomic E-state index is 11.3. The van der Waals surface area contributed by atoms with Crippen LogP contribution >= 0.6 is 0 Å². The predicted octanol–water partition coefficient (Wildman–Crippen LogP) is 3.22. The summed E-state index contributed by atoms with van der Waals surface area (Å²) in [6.07, 6.45) is 6.41. The Kier molecular flexibility index (Phi) is 4.77. The van der Waals surface area contributed by atoms with Crippen molar-refractivity contribution in [2.45, 2.75) is 64.9 Å². The molecule has 0 bridgehead atoms. The monoisotopic (exact) mass is 226 g/mol. The molecule has 0 heterocycles. The van der Waals surface area contributed by atoms with Crippen LogP contribution in [0.25, 0.3) is 0 Å². The van der Waals surface area contributed by atoms with Crippen LogP contribution in [0.3, 0.4) is 0 Å². The summed E-state index contributed by atoms with van der Waals surface area (Å²) in [5, 5.41) is 4.12. The van der Waals surface area contributed by atoms with Gasteiger partial charge in [0.15, 0.2) is 0 Å². The van der Waals surface area contributed by atoms with Gasteiger partial charge in [0.25, 0.3) is 0 Å². The van der Waals surface area contributed by atoms with E-state index in [2.05, 4.69) is 10.5 Å². The van der Waals surface area contributed by atoms with Gasteiger partial charge in [0.2, 0.25) is 0 Å². The van der Waals surface area contributed by atoms with E-state index in [9.17, 15) is 4.79 Å². The third-order valence-corrected chi connectivity index (χ3v) is 2.38. The number of nitrogens with one attached hydrogen (secondary N) is 1. The van der Waals surface area contributed by atoms with Crippen LogP contribution in [0.2, 0.25) is 0 Å². The van der Waals surface area contributed by atoms with Crippen LogP contribution < -0.4 is 5.43 Å². The first kappa shape index (κ1) is 13.0. The molecule has 92 valence electrons. The summed E-state index contributed by atoms with van der Waals surface area (Å²) in [5.74, 6) is 0. The molecular weight excluding hydrogens is 204 g/mol. The predicted molar refractivity (Wildman–Crippen MR) is 64.5 cm³/mol. The molecule has 16 heavy (non-hydrogen) atoms. The van der Waals surface area contributed by atoms with Gasteiger partial charge >= 0.3 is 6.09 Å². The summed E-state index contributed by atoms with van der Waals surface area (Å²) in [6.45, 7) is 5.52. The van der Waals surface area contributed by atoms with E-state index >= 15 is 0 Å². The molecule has 4 nitrogen and oxygen atoms in total. The van der Waals surface area contributed by atoms with E-state index in [1.807, 2.05) is 20.8 Å². The third kappa shape index (κ3) is 5.73. The summed E-state index contributed by atoms with van der Waals surface area (Å²) in [5.41, 5.74) is 3.09. The second-order valence-corrected chi connectivity index (χ2v) is 5.21. The van der Waals surface area contributed by atoms with Crippen molar-refractivity contribution in [1.82, 2.24) is 5.43 Å². The van der Waals surface area contributed by atoms with E-state index in [1.165, 1.54) is 25.7 Å². The van der Waals surface area contributed by atoms with E-state index in [-0.39, 0.29) is 0 Å². The summed E-state index contributed by atoms with van der Waals surface area (Å²) in [6, 6.07) is 0. The Morgan fingerprint density at radius 3 is 2.25 bits per heavy atom. The molecule has 1 aliphatic carbocycles. The minimum atomic E-state index is -0.468. The number of carbonyl (C=O) groups is 1. The van der Waals surface area contributed by atoms with Gasteiger partial charge in [-0.1, -0.05) is 12.8 Å². The lowest BCUT2D eigenvalue weighted by Gasteiger charge is -2.18. The second-order valence-electron chi connectivity index (χ2n) is 5.21. The molecule has 1 aliphatic rings. The second kappa shape index (κ2) is 5.87. The molecule has 0 aromatic rings. The summed E-state index contributed by atoms with van der Waals surface area (Å²) in [4.78, 5) is 11.3. The van der Waals surface area contributed by atoms with Crippen molar-refractivity contribution < 1.29 is 9.53 Å². The molecule has 0 aromatic carbocycles. The number of hydrogen-bond acceptors (Lipinski definition) is 3. The zero-order valence-corrected chi connectivity index (χ0v) is 10.5. The van der Waals surface area contributed by atoms with Crippen molar-refractivity contribution in [1.29, 1.82) is 0 Å². The first-order valence-electron chi connectivity index (χ1n) is 6.02. The lowest BCUT2D eigenvalue weighted by atomic mass is 10.2. The molecule has 1 N–H and O–H groups in total. The quantitative estimate of drug-likeness (QED) is 0.551. The molecule has 4 heteroatoms. The largest absolute Gasteiger partial charge is 0.443 e. The minimum absolute atomic E-state index is 0.465. The minimum Gasteiger partial charge on any atom is -0.443 e. The molecule has 0 aliphatic heterocycles. The van der Waals surface area contributed by atoms with Gasteiger partial charge in [-0.2, -0.15) is 5.10 Å². The average Bonchev–Trinajstić information content (AvgIpc) is 2.39. The highest BCUT2D eigenvalue weighted by atomic mass is 16.6. The van der Waals surface area contributed by atoms with Gasteiger partial charge in [-0.15, -0.1) is 0 Å². The van der Waals surface area contributed by atoms with Gasteiger partial charge in [0.05, 0.1) is 0 Å². The van der Waals surface area contributed by atoms with Crippen molar-refractivity contribution in [3.05, 3.63) is 0 Å². The lowest BCUT2D eigenvalue weighted by molar-refractivity contribution is 0.0529. The molecule has 1 saturated carbocycles. The molecule has 0 atom stereocenters. The third-order valence-electron chi connectivity index (χ3n) is 2.38. The highest BCUT2D eigenvalue weighted by molar-refractivity contribution is 5.85. The summed E-state index contributed by atoms with van der Waals surface area (Å²) < 4.78 is 5.10. The Hall–Kier alpha value is -1.06. The molecule has 0 spiro atoms. The van der Waals surface area contributed by atoms with Gasteiger partial charge in [0, 0.05) is 5.71 Å². The number of ether oxygens (including phenoxy) is 1. The fourth-order valence-electron chi connectivity index (χ4n) is 1.67. The first-order chi connectivity index (χ1) is 7.47. The Labute approximate surface area is 97.4 Å². The van der Waals surface area contributed by atoms with E-state index in [4.69, 9.17) is 4.74 Å². The molecule has 1 rings (SSSR count). The molecule has 1 fully saturated rings. The van der Waals surface area contributed by atoms with Crippen LogP contribution in [-0.2, 0) is 4.74 Å². The molecule has 0 saturated heterocycles. The van der Waals surface area contributed by atoms with Crippen molar-refractivity contribution >= 4 is 11.8 Å². The molecule has 1 amide bonds. The normalized spacial score (nSPS) is 17.6. The zero-order chi connectivity index (χ0) is 12.0. The van der Waals surface area contributed by atoms with Crippen LogP contribution in [0.15, 0.2) is 5.10 Å². The fourth-order valence-corrected chi connectivity index (χ4v) is 1.67. The van der Waals surface area contributed by atoms with Crippen LogP contribution in [0.1, 0.15) is 59.3 Å². The van der Waals surface area contributed by atoms with Crippen molar-refractivity contribution in [3.8, 4) is 0 Å². The van der Waals surface area contributed by atoms with Gasteiger partial charge in [-0.25, -0.2) is 10.2 Å². The number of amides is 1. The Morgan fingerprint density at radius 1 is 1.19 bits per heavy atom. The van der Waals surface area contributed by atoms with Gasteiger partial charge < -0.3 is 4.74 Å². The average molecular weight is 226 g/mol. The number of nitrogens with zero attached hydrogens (tertiary/aromatic N) is 1. The summed E-state index contributed by atoms with van der Waals surface area (Å²) in [7, 11) is 0. The molecule has 0 unspecified atom stereocenters. The van der Waals surface area contributed by atoms with Crippen molar-refractivity contribution in [2.75, 3.05) is 0 Å². The van der Waals surface area contributed by atoms with Gasteiger partial charge in [0.1, 0.15) is 5.60 Å². The zero-order valence-electron chi connectivity index (χ0n) is 10.5. The van der Waals surface area contributed by atoms with Gasteiger partial charge in [-0.05, 0) is 46.5 Å². The Balaban J connectivity index is 2.36. The number of hydrogen-bond donors (Lipinski definition) is 1. The fraction of sp³-hybridized carbons (Fsp3) is 0.833. The summed E-state index contributed by atoms with van der Waals surface area (Å²) >= 11 is 0. The standard InChI is InChI=1S/C12H22N2O2/c1-12(2,3)16-11(15)14-13-10-8-6-4-5-7-9-10/h4-9H2,1-3H3,(H,14,15). The maximum atomic E-state index is 11.3.